The fraction of sp³-hybridized carbons (Fsp3) is 0.200. The topological polar surface area (TPSA) is 35.2 Å². The van der Waals surface area contributed by atoms with Crippen molar-refractivity contribution < 1.29 is 9.13 Å². The summed E-state index contributed by atoms with van der Waals surface area (Å²) >= 11 is 9.36. The maximum absolute atomic E-state index is 13.4. The van der Waals surface area contributed by atoms with Crippen molar-refractivity contribution in [2.45, 2.75) is 13.0 Å². The van der Waals surface area contributed by atoms with Crippen molar-refractivity contribution in [1.82, 2.24) is 0 Å². The molecule has 106 valence electrons. The van der Waals surface area contributed by atoms with Gasteiger partial charge in [0.25, 0.3) is 0 Å². The summed E-state index contributed by atoms with van der Waals surface area (Å²) in [6, 6.07) is 10.3. The average molecular weight is 359 g/mol. The van der Waals surface area contributed by atoms with Gasteiger partial charge in [0.1, 0.15) is 18.2 Å². The van der Waals surface area contributed by atoms with Crippen LogP contribution < -0.4 is 10.5 Å². The first kappa shape index (κ1) is 15.3. The highest BCUT2D eigenvalue weighted by atomic mass is 79.9. The lowest BCUT2D eigenvalue weighted by Crippen LogP contribution is -2.06. The minimum Gasteiger partial charge on any atom is -0.489 e. The molecule has 0 fully saturated rings. The van der Waals surface area contributed by atoms with Crippen LogP contribution in [0.4, 0.5) is 4.39 Å². The Bertz CT molecular complexity index is 606. The van der Waals surface area contributed by atoms with Crippen molar-refractivity contribution in [2.24, 2.45) is 5.73 Å². The molecule has 2 N–H and O–H groups in total. The van der Waals surface area contributed by atoms with E-state index in [1.807, 2.05) is 12.1 Å². The average Bonchev–Trinajstić information content (AvgIpc) is 2.44. The van der Waals surface area contributed by atoms with Gasteiger partial charge in [0, 0.05) is 16.1 Å². The van der Waals surface area contributed by atoms with Crippen molar-refractivity contribution in [3.8, 4) is 5.75 Å². The number of hydrogen-bond acceptors (Lipinski definition) is 2. The lowest BCUT2D eigenvalue weighted by atomic mass is 10.1. The Morgan fingerprint density at radius 2 is 1.95 bits per heavy atom. The minimum absolute atomic E-state index is 0.260. The molecule has 2 aromatic rings. The van der Waals surface area contributed by atoms with E-state index in [1.165, 1.54) is 6.07 Å². The van der Waals surface area contributed by atoms with Gasteiger partial charge in [0.2, 0.25) is 0 Å². The van der Waals surface area contributed by atoms with Crippen LogP contribution in [-0.2, 0) is 13.0 Å². The third kappa shape index (κ3) is 3.51. The van der Waals surface area contributed by atoms with Crippen LogP contribution in [0.5, 0.6) is 5.75 Å². The maximum atomic E-state index is 13.4. The zero-order valence-electron chi connectivity index (χ0n) is 10.7. The molecular formula is C15H14BrClFNO. The number of benzene rings is 2. The van der Waals surface area contributed by atoms with E-state index in [4.69, 9.17) is 22.1 Å². The zero-order chi connectivity index (χ0) is 14.5. The highest BCUT2D eigenvalue weighted by Crippen LogP contribution is 2.28. The van der Waals surface area contributed by atoms with Crippen LogP contribution >= 0.6 is 27.5 Å². The minimum atomic E-state index is -0.306. The second-order valence-corrected chi connectivity index (χ2v) is 5.46. The van der Waals surface area contributed by atoms with Crippen LogP contribution in [0.25, 0.3) is 0 Å². The molecule has 0 unspecified atom stereocenters. The van der Waals surface area contributed by atoms with E-state index in [1.54, 1.807) is 18.2 Å². The second kappa shape index (κ2) is 7.07. The number of hydrogen-bond donors (Lipinski definition) is 1. The first-order chi connectivity index (χ1) is 9.63. The molecular weight excluding hydrogens is 345 g/mol. The lowest BCUT2D eigenvalue weighted by molar-refractivity contribution is 0.301. The Labute approximate surface area is 130 Å². The van der Waals surface area contributed by atoms with Gasteiger partial charge < -0.3 is 10.5 Å². The fourth-order valence-electron chi connectivity index (χ4n) is 1.88. The normalized spacial score (nSPS) is 10.6. The smallest absolute Gasteiger partial charge is 0.137 e. The van der Waals surface area contributed by atoms with E-state index in [2.05, 4.69) is 15.9 Å². The Morgan fingerprint density at radius 1 is 1.20 bits per heavy atom. The third-order valence-corrected chi connectivity index (χ3v) is 4.13. The molecule has 0 saturated carbocycles. The highest BCUT2D eigenvalue weighted by Gasteiger charge is 2.10. The fourth-order valence-corrected chi connectivity index (χ4v) is 2.52. The number of ether oxygens (including phenoxy) is 1. The molecule has 0 saturated heterocycles. The van der Waals surface area contributed by atoms with Gasteiger partial charge in [-0.25, -0.2) is 4.39 Å². The van der Waals surface area contributed by atoms with Crippen LogP contribution in [-0.4, -0.2) is 6.54 Å². The van der Waals surface area contributed by atoms with E-state index in [-0.39, 0.29) is 12.4 Å². The van der Waals surface area contributed by atoms with Crippen LogP contribution in [0, 0.1) is 5.82 Å². The van der Waals surface area contributed by atoms with Crippen LogP contribution in [0.2, 0.25) is 5.02 Å². The molecule has 5 heteroatoms. The summed E-state index contributed by atoms with van der Waals surface area (Å²) in [5, 5.41) is 0.631. The standard InChI is InChI=1S/C15H14BrClFNO/c16-15-10(3-1-5-13(15)18)9-20-14-6-2-4-12(17)11(14)7-8-19/h1-6H,7-9,19H2. The molecule has 0 aromatic heterocycles. The zero-order valence-corrected chi connectivity index (χ0v) is 13.0. The van der Waals surface area contributed by atoms with Gasteiger partial charge in [0.15, 0.2) is 0 Å². The molecule has 2 aromatic carbocycles. The van der Waals surface area contributed by atoms with Crippen LogP contribution in [0.1, 0.15) is 11.1 Å². The van der Waals surface area contributed by atoms with Gasteiger partial charge >= 0.3 is 0 Å². The van der Waals surface area contributed by atoms with E-state index in [9.17, 15) is 4.39 Å². The van der Waals surface area contributed by atoms with Crippen LogP contribution in [0.3, 0.4) is 0 Å². The number of halogens is 3. The largest absolute Gasteiger partial charge is 0.489 e. The highest BCUT2D eigenvalue weighted by molar-refractivity contribution is 9.10. The Hall–Kier alpha value is -1.10. The SMILES string of the molecule is NCCc1c(Cl)cccc1OCc1cccc(F)c1Br. The third-order valence-electron chi connectivity index (χ3n) is 2.88. The van der Waals surface area contributed by atoms with Gasteiger partial charge in [-0.2, -0.15) is 0 Å². The molecule has 0 spiro atoms. The molecule has 0 aliphatic heterocycles. The first-order valence-electron chi connectivity index (χ1n) is 6.16. The predicted octanol–water partition coefficient (Wildman–Crippen LogP) is 4.32. The van der Waals surface area contributed by atoms with Crippen molar-refractivity contribution in [3.63, 3.8) is 0 Å². The first-order valence-corrected chi connectivity index (χ1v) is 7.33. The van der Waals surface area contributed by atoms with Gasteiger partial charge in [-0.1, -0.05) is 29.8 Å². The second-order valence-electron chi connectivity index (χ2n) is 4.26. The van der Waals surface area contributed by atoms with Crippen molar-refractivity contribution >= 4 is 27.5 Å². The summed E-state index contributed by atoms with van der Waals surface area (Å²) in [7, 11) is 0. The molecule has 0 amide bonds. The molecule has 0 aliphatic rings. The Balaban J connectivity index is 2.19. The summed E-state index contributed by atoms with van der Waals surface area (Å²) in [5.74, 6) is 0.374. The molecule has 0 atom stereocenters. The molecule has 0 aliphatic carbocycles. The molecule has 0 heterocycles. The Kier molecular flexibility index (Phi) is 5.40. The summed E-state index contributed by atoms with van der Waals surface area (Å²) in [4.78, 5) is 0. The molecule has 2 nitrogen and oxygen atoms in total. The summed E-state index contributed by atoms with van der Waals surface area (Å²) in [5.41, 5.74) is 7.20. The van der Waals surface area contributed by atoms with E-state index in [0.717, 1.165) is 11.1 Å². The molecule has 0 radical (unpaired) electrons. The van der Waals surface area contributed by atoms with Gasteiger partial charge in [0.05, 0.1) is 4.47 Å². The molecule has 0 bridgehead atoms. The maximum Gasteiger partial charge on any atom is 0.137 e. The summed E-state index contributed by atoms with van der Waals surface area (Å²) in [6.45, 7) is 0.750. The quantitative estimate of drug-likeness (QED) is 0.864. The van der Waals surface area contributed by atoms with Gasteiger partial charge in [-0.05, 0) is 47.1 Å². The van der Waals surface area contributed by atoms with E-state index in [0.29, 0.717) is 28.2 Å². The van der Waals surface area contributed by atoms with E-state index < -0.39 is 0 Å². The van der Waals surface area contributed by atoms with Crippen molar-refractivity contribution in [1.29, 1.82) is 0 Å². The summed E-state index contributed by atoms with van der Waals surface area (Å²) in [6.07, 6.45) is 0.638. The van der Waals surface area contributed by atoms with Crippen molar-refractivity contribution in [3.05, 3.63) is 62.8 Å². The Morgan fingerprint density at radius 3 is 2.70 bits per heavy atom. The van der Waals surface area contributed by atoms with Gasteiger partial charge in [-0.15, -0.1) is 0 Å². The van der Waals surface area contributed by atoms with Gasteiger partial charge in [-0.3, -0.25) is 0 Å². The number of nitrogens with two attached hydrogens (primary N) is 1. The van der Waals surface area contributed by atoms with E-state index >= 15 is 0 Å². The monoisotopic (exact) mass is 357 g/mol. The molecule has 2 rings (SSSR count). The predicted molar refractivity (Wildman–Crippen MR) is 82.6 cm³/mol. The lowest BCUT2D eigenvalue weighted by Gasteiger charge is -2.13. The summed E-state index contributed by atoms with van der Waals surface area (Å²) < 4.78 is 19.6. The molecule has 20 heavy (non-hydrogen) atoms. The van der Waals surface area contributed by atoms with Crippen molar-refractivity contribution in [2.75, 3.05) is 6.54 Å². The number of rotatable bonds is 5. The van der Waals surface area contributed by atoms with Crippen LogP contribution in [0.15, 0.2) is 40.9 Å².